The molecule has 0 spiro atoms. The lowest BCUT2D eigenvalue weighted by Crippen LogP contribution is -2.36. The summed E-state index contributed by atoms with van der Waals surface area (Å²) >= 11 is 0. The first-order valence-electron chi connectivity index (χ1n) is 10.3. The van der Waals surface area contributed by atoms with Gasteiger partial charge in [-0.25, -0.2) is 5.43 Å². The Labute approximate surface area is 182 Å². The zero-order chi connectivity index (χ0) is 21.3. The molecule has 0 aromatic heterocycles. The number of hydrazone groups is 1. The summed E-state index contributed by atoms with van der Waals surface area (Å²) in [5.41, 5.74) is 6.57. The van der Waals surface area contributed by atoms with Gasteiger partial charge in [0, 0.05) is 24.3 Å². The summed E-state index contributed by atoms with van der Waals surface area (Å²) in [6.45, 7) is 3.20. The van der Waals surface area contributed by atoms with Gasteiger partial charge < -0.3 is 14.4 Å². The quantitative estimate of drug-likeness (QED) is 0.472. The molecule has 6 heteroatoms. The first kappa shape index (κ1) is 20.6. The molecule has 1 amide bonds. The Balaban J connectivity index is 1.29. The molecule has 3 aromatic rings. The van der Waals surface area contributed by atoms with E-state index in [1.807, 2.05) is 66.7 Å². The number of hydrogen-bond donors (Lipinski definition) is 1. The molecule has 0 bridgehead atoms. The molecule has 158 valence electrons. The summed E-state index contributed by atoms with van der Waals surface area (Å²) in [7, 11) is 0. The number of carbonyl (C=O) groups is 1. The summed E-state index contributed by atoms with van der Waals surface area (Å²) in [6.07, 6.45) is 1.62. The molecule has 1 fully saturated rings. The van der Waals surface area contributed by atoms with Crippen molar-refractivity contribution in [1.82, 2.24) is 5.43 Å². The normalized spacial score (nSPS) is 13.9. The van der Waals surface area contributed by atoms with Crippen LogP contribution in [0.1, 0.15) is 5.56 Å². The highest BCUT2D eigenvalue weighted by Crippen LogP contribution is 2.29. The van der Waals surface area contributed by atoms with E-state index in [9.17, 15) is 4.79 Å². The number of benzene rings is 3. The third-order valence-electron chi connectivity index (χ3n) is 5.00. The minimum absolute atomic E-state index is 0.114. The average Bonchev–Trinajstić information content (AvgIpc) is 2.84. The number of nitrogens with zero attached hydrogens (tertiary/aromatic N) is 2. The van der Waals surface area contributed by atoms with Gasteiger partial charge in [-0.2, -0.15) is 5.10 Å². The van der Waals surface area contributed by atoms with E-state index in [0.717, 1.165) is 48.7 Å². The van der Waals surface area contributed by atoms with Crippen LogP contribution in [0.2, 0.25) is 0 Å². The van der Waals surface area contributed by atoms with E-state index in [-0.39, 0.29) is 12.5 Å². The molecule has 0 atom stereocenters. The van der Waals surface area contributed by atoms with Crippen molar-refractivity contribution >= 4 is 17.8 Å². The van der Waals surface area contributed by atoms with Gasteiger partial charge in [-0.05, 0) is 29.3 Å². The van der Waals surface area contributed by atoms with Crippen molar-refractivity contribution in [3.8, 4) is 16.9 Å². The molecule has 1 aliphatic heterocycles. The van der Waals surface area contributed by atoms with E-state index >= 15 is 0 Å². The van der Waals surface area contributed by atoms with Crippen LogP contribution in [0.15, 0.2) is 84.0 Å². The number of carbonyl (C=O) groups excluding carboxylic acids is 1. The number of para-hydroxylation sites is 1. The summed E-state index contributed by atoms with van der Waals surface area (Å²) < 4.78 is 11.1. The number of rotatable bonds is 7. The van der Waals surface area contributed by atoms with Gasteiger partial charge >= 0.3 is 0 Å². The highest BCUT2D eigenvalue weighted by Gasteiger charge is 2.10. The molecule has 0 aliphatic carbocycles. The fourth-order valence-electron chi connectivity index (χ4n) is 3.40. The predicted octanol–water partition coefficient (Wildman–Crippen LogP) is 3.72. The maximum Gasteiger partial charge on any atom is 0.277 e. The number of hydrogen-bond acceptors (Lipinski definition) is 5. The third-order valence-corrected chi connectivity index (χ3v) is 5.00. The lowest BCUT2D eigenvalue weighted by molar-refractivity contribution is -0.123. The molecule has 1 N–H and O–H groups in total. The molecule has 31 heavy (non-hydrogen) atoms. The predicted molar refractivity (Wildman–Crippen MR) is 123 cm³/mol. The van der Waals surface area contributed by atoms with Crippen LogP contribution in [-0.4, -0.2) is 45.0 Å². The number of anilines is 1. The third kappa shape index (κ3) is 5.71. The van der Waals surface area contributed by atoms with Gasteiger partial charge in [0.25, 0.3) is 5.91 Å². The van der Waals surface area contributed by atoms with Crippen molar-refractivity contribution in [2.45, 2.75) is 0 Å². The second kappa shape index (κ2) is 10.4. The van der Waals surface area contributed by atoms with Crippen molar-refractivity contribution in [2.75, 3.05) is 37.8 Å². The smallest absolute Gasteiger partial charge is 0.277 e. The lowest BCUT2D eigenvalue weighted by Gasteiger charge is -2.28. The van der Waals surface area contributed by atoms with E-state index < -0.39 is 0 Å². The first-order chi connectivity index (χ1) is 15.3. The van der Waals surface area contributed by atoms with Crippen LogP contribution in [0.3, 0.4) is 0 Å². The Morgan fingerprint density at radius 2 is 1.68 bits per heavy atom. The Morgan fingerprint density at radius 3 is 2.45 bits per heavy atom. The van der Waals surface area contributed by atoms with E-state index in [1.54, 1.807) is 6.21 Å². The Morgan fingerprint density at radius 1 is 0.968 bits per heavy atom. The van der Waals surface area contributed by atoms with Gasteiger partial charge in [0.1, 0.15) is 5.75 Å². The molecule has 1 saturated heterocycles. The maximum atomic E-state index is 12.1. The summed E-state index contributed by atoms with van der Waals surface area (Å²) in [4.78, 5) is 14.4. The van der Waals surface area contributed by atoms with Gasteiger partial charge in [-0.3, -0.25) is 4.79 Å². The number of nitrogens with one attached hydrogen (secondary N) is 1. The highest BCUT2D eigenvalue weighted by atomic mass is 16.5. The van der Waals surface area contributed by atoms with Crippen molar-refractivity contribution in [3.63, 3.8) is 0 Å². The van der Waals surface area contributed by atoms with Crippen LogP contribution < -0.4 is 15.1 Å². The molecule has 6 nitrogen and oxygen atoms in total. The summed E-state index contributed by atoms with van der Waals surface area (Å²) in [5.74, 6) is 0.343. The van der Waals surface area contributed by atoms with Crippen LogP contribution in [-0.2, 0) is 9.53 Å². The number of amides is 1. The van der Waals surface area contributed by atoms with Gasteiger partial charge in [-0.15, -0.1) is 0 Å². The van der Waals surface area contributed by atoms with E-state index in [2.05, 4.69) is 27.6 Å². The molecule has 0 radical (unpaired) electrons. The van der Waals surface area contributed by atoms with Crippen molar-refractivity contribution in [3.05, 3.63) is 84.4 Å². The molecular formula is C25H25N3O3. The molecule has 0 unspecified atom stereocenters. The summed E-state index contributed by atoms with van der Waals surface area (Å²) in [5, 5.41) is 4.04. The highest BCUT2D eigenvalue weighted by molar-refractivity contribution is 5.83. The average molecular weight is 415 g/mol. The molecular weight excluding hydrogens is 390 g/mol. The second-order valence-corrected chi connectivity index (χ2v) is 7.13. The Kier molecular flexibility index (Phi) is 6.92. The van der Waals surface area contributed by atoms with E-state index in [4.69, 9.17) is 9.47 Å². The van der Waals surface area contributed by atoms with Crippen LogP contribution in [0.4, 0.5) is 5.69 Å². The lowest BCUT2D eigenvalue weighted by atomic mass is 10.1. The SMILES string of the molecule is O=C(COc1ccccc1-c1ccccc1)N/N=C/c1ccc(N2CCOCC2)cc1. The van der Waals surface area contributed by atoms with Crippen LogP contribution in [0.5, 0.6) is 5.75 Å². The van der Waals surface area contributed by atoms with Crippen molar-refractivity contribution in [1.29, 1.82) is 0 Å². The van der Waals surface area contributed by atoms with Crippen molar-refractivity contribution in [2.24, 2.45) is 5.10 Å². The zero-order valence-electron chi connectivity index (χ0n) is 17.2. The van der Waals surface area contributed by atoms with Crippen molar-refractivity contribution < 1.29 is 14.3 Å². The van der Waals surface area contributed by atoms with Crippen LogP contribution in [0, 0.1) is 0 Å². The van der Waals surface area contributed by atoms with E-state index in [0.29, 0.717) is 5.75 Å². The number of morpholine rings is 1. The number of ether oxygens (including phenoxy) is 2. The van der Waals surface area contributed by atoms with Gasteiger partial charge in [0.2, 0.25) is 0 Å². The molecule has 3 aromatic carbocycles. The molecule has 1 aliphatic rings. The maximum absolute atomic E-state index is 12.1. The van der Waals surface area contributed by atoms with Crippen LogP contribution >= 0.6 is 0 Å². The van der Waals surface area contributed by atoms with E-state index in [1.165, 1.54) is 0 Å². The molecule has 4 rings (SSSR count). The fourth-order valence-corrected chi connectivity index (χ4v) is 3.40. The largest absolute Gasteiger partial charge is 0.483 e. The van der Waals surface area contributed by atoms with Gasteiger partial charge in [0.15, 0.2) is 6.61 Å². The topological polar surface area (TPSA) is 63.2 Å². The zero-order valence-corrected chi connectivity index (χ0v) is 17.2. The van der Waals surface area contributed by atoms with Gasteiger partial charge in [0.05, 0.1) is 19.4 Å². The Bertz CT molecular complexity index is 1010. The standard InChI is InChI=1S/C25H25N3O3/c29-25(19-31-24-9-5-4-8-23(24)21-6-2-1-3-7-21)27-26-18-20-10-12-22(13-11-20)28-14-16-30-17-15-28/h1-13,18H,14-17,19H2,(H,27,29)/b26-18+. The second-order valence-electron chi connectivity index (χ2n) is 7.13. The molecule has 1 heterocycles. The minimum atomic E-state index is -0.316. The fraction of sp³-hybridized carbons (Fsp3) is 0.200. The first-order valence-corrected chi connectivity index (χ1v) is 10.3. The minimum Gasteiger partial charge on any atom is -0.483 e. The molecule has 0 saturated carbocycles. The summed E-state index contributed by atoms with van der Waals surface area (Å²) in [6, 6.07) is 25.7. The monoisotopic (exact) mass is 415 g/mol. The van der Waals surface area contributed by atoms with Crippen LogP contribution in [0.25, 0.3) is 11.1 Å². The Hall–Kier alpha value is -3.64. The van der Waals surface area contributed by atoms with Gasteiger partial charge in [-0.1, -0.05) is 60.7 Å².